The normalized spacial score (nSPS) is 20.9. The minimum absolute atomic E-state index is 0.0375. The highest BCUT2D eigenvalue weighted by atomic mass is 16.5. The number of pyridine rings is 2. The van der Waals surface area contributed by atoms with Crippen LogP contribution in [0.1, 0.15) is 59.9 Å². The van der Waals surface area contributed by atoms with Crippen LogP contribution in [0.5, 0.6) is 11.5 Å². The van der Waals surface area contributed by atoms with Gasteiger partial charge in [-0.25, -0.2) is 9.97 Å². The summed E-state index contributed by atoms with van der Waals surface area (Å²) in [4.78, 5) is 15.0. The molecule has 10 aromatic rings. The monoisotopic (exact) mass is 935 g/mol. The van der Waals surface area contributed by atoms with Gasteiger partial charge in [0.05, 0.1) is 22.4 Å². The Labute approximate surface area is 422 Å². The standard InChI is InChI=1S/C66H57N5O/c1-42-31-50(32-43(2)44(42)3)66(51-34-45-33-46(36-51)37-52(66)35-45)49-28-30-67-63(38-49)71-60-24-11-10-21-58(60)59-27-26-55(40-62(59)71)72-54-20-12-19-53(39-54)69-41-70(61-25-14-29-68-65(61)69)64-56(47-15-6-4-7-16-47)22-13-23-57(64)48-17-8-5-9-18-48/h4-32,38-40,45-46,51-52H,33-37,41H2,1-3H3. The van der Waals surface area contributed by atoms with Gasteiger partial charge in [-0.1, -0.05) is 115 Å². The average Bonchev–Trinajstić information content (AvgIpc) is 3.97. The lowest BCUT2D eigenvalue weighted by atomic mass is 9.42. The van der Waals surface area contributed by atoms with Gasteiger partial charge in [0.15, 0.2) is 5.82 Å². The van der Waals surface area contributed by atoms with Gasteiger partial charge < -0.3 is 14.5 Å². The highest BCUT2D eigenvalue weighted by molar-refractivity contribution is 6.09. The van der Waals surface area contributed by atoms with Crippen LogP contribution in [0.2, 0.25) is 0 Å². The molecule has 0 spiro atoms. The molecular weight excluding hydrogens is 879 g/mol. The minimum atomic E-state index is -0.0375. The van der Waals surface area contributed by atoms with Crippen LogP contribution < -0.4 is 14.5 Å². The van der Waals surface area contributed by atoms with E-state index in [0.717, 1.165) is 63.1 Å². The van der Waals surface area contributed by atoms with E-state index in [4.69, 9.17) is 14.7 Å². The Morgan fingerprint density at radius 1 is 0.500 bits per heavy atom. The van der Waals surface area contributed by atoms with E-state index in [1.54, 1.807) is 0 Å². The van der Waals surface area contributed by atoms with E-state index in [9.17, 15) is 0 Å². The van der Waals surface area contributed by atoms with Crippen molar-refractivity contribution in [2.75, 3.05) is 16.5 Å². The zero-order chi connectivity index (χ0) is 48.1. The number of para-hydroxylation sites is 2. The van der Waals surface area contributed by atoms with Gasteiger partial charge in [-0.15, -0.1) is 0 Å². The zero-order valence-corrected chi connectivity index (χ0v) is 41.2. The Balaban J connectivity index is 0.839. The summed E-state index contributed by atoms with van der Waals surface area (Å²) in [6.45, 7) is 7.48. The predicted molar refractivity (Wildman–Crippen MR) is 294 cm³/mol. The van der Waals surface area contributed by atoms with Crippen molar-refractivity contribution >= 4 is 44.7 Å². The number of hydrogen-bond donors (Lipinski definition) is 0. The molecule has 1 aliphatic heterocycles. The quantitative estimate of drug-likeness (QED) is 0.144. The van der Waals surface area contributed by atoms with Crippen molar-refractivity contribution in [2.24, 2.45) is 23.7 Å². The lowest BCUT2D eigenvalue weighted by molar-refractivity contribution is -0.0419. The van der Waals surface area contributed by atoms with Crippen molar-refractivity contribution in [3.63, 3.8) is 0 Å². The second-order valence-electron chi connectivity index (χ2n) is 21.2. The molecule has 0 amide bonds. The van der Waals surface area contributed by atoms with Crippen LogP contribution in [0.3, 0.4) is 0 Å². The largest absolute Gasteiger partial charge is 0.457 e. The summed E-state index contributed by atoms with van der Waals surface area (Å²) < 4.78 is 9.30. The number of nitrogens with zero attached hydrogens (tertiary/aromatic N) is 5. The van der Waals surface area contributed by atoms with Crippen molar-refractivity contribution < 1.29 is 4.74 Å². The smallest absolute Gasteiger partial charge is 0.158 e. The molecular formula is C66H57N5O. The molecule has 4 heterocycles. The number of fused-ring (bicyclic) bond motifs is 4. The minimum Gasteiger partial charge on any atom is -0.457 e. The van der Waals surface area contributed by atoms with Gasteiger partial charge in [0.2, 0.25) is 0 Å². The fourth-order valence-corrected chi connectivity index (χ4v) is 14.2. The third kappa shape index (κ3) is 6.75. The Bertz CT molecular complexity index is 3620. The van der Waals surface area contributed by atoms with Gasteiger partial charge in [-0.3, -0.25) is 4.57 Å². The fourth-order valence-electron chi connectivity index (χ4n) is 14.2. The third-order valence-electron chi connectivity index (χ3n) is 17.4. The SMILES string of the molecule is Cc1cc(C2(c3ccnc(-n4c5ccccc5c5ccc(Oc6cccc(N7CN(c8c(-c9ccccc9)cccc8-c8ccccc8)c8cccnc87)c6)cc54)c3)C3CC4CC(C3)CC2C4)cc(C)c1C. The Kier molecular flexibility index (Phi) is 10.0. The second kappa shape index (κ2) is 16.8. The van der Waals surface area contributed by atoms with Gasteiger partial charge in [-0.05, 0) is 170 Å². The van der Waals surface area contributed by atoms with Crippen LogP contribution in [-0.2, 0) is 5.41 Å². The molecule has 0 N–H and O–H groups in total. The molecule has 4 bridgehead atoms. The third-order valence-corrected chi connectivity index (χ3v) is 17.4. The molecule has 72 heavy (non-hydrogen) atoms. The zero-order valence-electron chi connectivity index (χ0n) is 41.2. The number of ether oxygens (including phenoxy) is 1. The number of rotatable bonds is 9. The van der Waals surface area contributed by atoms with E-state index in [1.807, 2.05) is 12.3 Å². The van der Waals surface area contributed by atoms with Gasteiger partial charge in [0.1, 0.15) is 24.0 Å². The van der Waals surface area contributed by atoms with Crippen LogP contribution in [-0.4, -0.2) is 21.2 Å². The first kappa shape index (κ1) is 42.9. The van der Waals surface area contributed by atoms with Gasteiger partial charge in [0, 0.05) is 57.5 Å². The second-order valence-corrected chi connectivity index (χ2v) is 21.2. The van der Waals surface area contributed by atoms with Crippen LogP contribution in [0.4, 0.5) is 22.9 Å². The molecule has 0 saturated heterocycles. The van der Waals surface area contributed by atoms with Crippen LogP contribution in [0, 0.1) is 44.4 Å². The van der Waals surface area contributed by atoms with Crippen LogP contribution >= 0.6 is 0 Å². The highest BCUT2D eigenvalue weighted by Crippen LogP contribution is 2.65. The Morgan fingerprint density at radius 3 is 1.88 bits per heavy atom. The molecule has 15 rings (SSSR count). The molecule has 5 aliphatic rings. The summed E-state index contributed by atoms with van der Waals surface area (Å²) in [5, 5.41) is 2.38. The highest BCUT2D eigenvalue weighted by Gasteiger charge is 2.58. The first-order valence-corrected chi connectivity index (χ1v) is 26.0. The van der Waals surface area contributed by atoms with Crippen molar-refractivity contribution in [3.8, 4) is 39.6 Å². The molecule has 0 radical (unpaired) electrons. The molecule has 4 aliphatic carbocycles. The molecule has 6 nitrogen and oxygen atoms in total. The number of aromatic nitrogens is 3. The van der Waals surface area contributed by atoms with E-state index in [0.29, 0.717) is 18.5 Å². The van der Waals surface area contributed by atoms with Crippen LogP contribution in [0.25, 0.3) is 49.9 Å². The Hall–Kier alpha value is -7.96. The fraction of sp³-hybridized carbons (Fsp3) is 0.212. The van der Waals surface area contributed by atoms with E-state index in [1.165, 1.54) is 92.9 Å². The van der Waals surface area contributed by atoms with Crippen molar-refractivity contribution in [3.05, 3.63) is 222 Å². The maximum absolute atomic E-state index is 6.92. The molecule has 7 aromatic carbocycles. The maximum Gasteiger partial charge on any atom is 0.158 e. The van der Waals surface area contributed by atoms with E-state index >= 15 is 0 Å². The number of anilines is 4. The van der Waals surface area contributed by atoms with Crippen molar-refractivity contribution in [2.45, 2.75) is 58.3 Å². The van der Waals surface area contributed by atoms with Crippen molar-refractivity contribution in [1.29, 1.82) is 0 Å². The molecule has 6 heteroatoms. The summed E-state index contributed by atoms with van der Waals surface area (Å²) >= 11 is 0. The summed E-state index contributed by atoms with van der Waals surface area (Å²) in [6, 6.07) is 66.0. The molecule has 4 saturated carbocycles. The van der Waals surface area contributed by atoms with Gasteiger partial charge in [0.25, 0.3) is 0 Å². The lowest BCUT2D eigenvalue weighted by Gasteiger charge is -2.62. The number of benzene rings is 7. The molecule has 0 unspecified atom stereocenters. The molecule has 0 atom stereocenters. The number of aryl methyl sites for hydroxylation is 2. The van der Waals surface area contributed by atoms with E-state index in [-0.39, 0.29) is 5.41 Å². The van der Waals surface area contributed by atoms with Crippen LogP contribution in [0.15, 0.2) is 194 Å². The number of hydrogen-bond acceptors (Lipinski definition) is 5. The summed E-state index contributed by atoms with van der Waals surface area (Å²) in [7, 11) is 0. The predicted octanol–water partition coefficient (Wildman–Crippen LogP) is 16.6. The van der Waals surface area contributed by atoms with E-state index in [2.05, 4.69) is 217 Å². The van der Waals surface area contributed by atoms with Crippen molar-refractivity contribution in [1.82, 2.24) is 14.5 Å². The molecule has 4 fully saturated rings. The topological polar surface area (TPSA) is 46.4 Å². The lowest BCUT2D eigenvalue weighted by Crippen LogP contribution is -2.56. The summed E-state index contributed by atoms with van der Waals surface area (Å²) in [5.41, 5.74) is 17.2. The van der Waals surface area contributed by atoms with Gasteiger partial charge >= 0.3 is 0 Å². The first-order chi connectivity index (χ1) is 35.4. The Morgan fingerprint density at radius 2 is 1.15 bits per heavy atom. The average molecular weight is 936 g/mol. The summed E-state index contributed by atoms with van der Waals surface area (Å²) in [5.74, 6) is 6.37. The molecule has 3 aromatic heterocycles. The van der Waals surface area contributed by atoms with E-state index < -0.39 is 0 Å². The summed E-state index contributed by atoms with van der Waals surface area (Å²) in [6.07, 6.45) is 10.7. The van der Waals surface area contributed by atoms with Gasteiger partial charge in [-0.2, -0.15) is 0 Å². The maximum atomic E-state index is 6.92. The molecule has 352 valence electrons. The first-order valence-electron chi connectivity index (χ1n) is 26.0.